The lowest BCUT2D eigenvalue weighted by atomic mass is 9.96. The quantitative estimate of drug-likeness (QED) is 0.202. The molecular formula is C30H39N3O3. The predicted molar refractivity (Wildman–Crippen MR) is 147 cm³/mol. The Morgan fingerprint density at radius 1 is 0.778 bits per heavy atom. The van der Waals surface area contributed by atoms with Gasteiger partial charge >= 0.3 is 0 Å². The second kappa shape index (κ2) is 15.6. The van der Waals surface area contributed by atoms with Gasteiger partial charge in [0.25, 0.3) is 5.69 Å². The monoisotopic (exact) mass is 489 g/mol. The Labute approximate surface area is 215 Å². The number of benzene rings is 3. The lowest BCUT2D eigenvalue weighted by Gasteiger charge is -2.39. The molecule has 1 fully saturated rings. The van der Waals surface area contributed by atoms with Crippen molar-refractivity contribution in [2.75, 3.05) is 32.7 Å². The minimum Gasteiger partial charge on any atom is -0.300 e. The van der Waals surface area contributed by atoms with Gasteiger partial charge in [-0.25, -0.2) is 0 Å². The Balaban J connectivity index is 0.00000109. The van der Waals surface area contributed by atoms with Gasteiger partial charge in [0.1, 0.15) is 0 Å². The number of non-ortho nitro benzene ring substituents is 1. The predicted octanol–water partition coefficient (Wildman–Crippen LogP) is 6.63. The van der Waals surface area contributed by atoms with Crippen LogP contribution in [-0.2, 0) is 0 Å². The summed E-state index contributed by atoms with van der Waals surface area (Å²) in [5, 5.41) is 10.8. The third-order valence-electron chi connectivity index (χ3n) is 6.06. The SMILES string of the molecule is CC.CC.O=C(CCN1CCN(C(c2ccccc2)c2ccccc2)CC1)c1ccc([N+](=O)[O-])cc1. The molecule has 0 atom stereocenters. The lowest BCUT2D eigenvalue weighted by Crippen LogP contribution is -2.48. The third kappa shape index (κ3) is 8.11. The molecule has 1 saturated heterocycles. The van der Waals surface area contributed by atoms with Gasteiger partial charge in [0.05, 0.1) is 11.0 Å². The topological polar surface area (TPSA) is 66.7 Å². The van der Waals surface area contributed by atoms with E-state index in [1.165, 1.54) is 23.3 Å². The second-order valence-electron chi connectivity index (χ2n) is 8.08. The van der Waals surface area contributed by atoms with Crippen LogP contribution in [0.25, 0.3) is 0 Å². The second-order valence-corrected chi connectivity index (χ2v) is 8.08. The molecule has 0 spiro atoms. The van der Waals surface area contributed by atoms with Crippen molar-refractivity contribution in [2.24, 2.45) is 0 Å². The van der Waals surface area contributed by atoms with E-state index in [0.717, 1.165) is 26.2 Å². The zero-order chi connectivity index (χ0) is 26.3. The fourth-order valence-corrected chi connectivity index (χ4v) is 4.30. The molecule has 0 N–H and O–H groups in total. The first-order chi connectivity index (χ1) is 17.6. The molecule has 192 valence electrons. The summed E-state index contributed by atoms with van der Waals surface area (Å²) >= 11 is 0. The van der Waals surface area contributed by atoms with Crippen LogP contribution in [0.4, 0.5) is 5.69 Å². The average Bonchev–Trinajstić information content (AvgIpc) is 2.96. The maximum atomic E-state index is 12.5. The molecule has 3 aromatic carbocycles. The van der Waals surface area contributed by atoms with Gasteiger partial charge in [-0.15, -0.1) is 0 Å². The van der Waals surface area contributed by atoms with Crippen molar-refractivity contribution in [1.82, 2.24) is 9.80 Å². The number of hydrogen-bond donors (Lipinski definition) is 0. The van der Waals surface area contributed by atoms with Crippen molar-refractivity contribution in [3.63, 3.8) is 0 Å². The highest BCUT2D eigenvalue weighted by Gasteiger charge is 2.26. The molecule has 4 rings (SSSR count). The molecule has 1 heterocycles. The Morgan fingerprint density at radius 3 is 1.69 bits per heavy atom. The van der Waals surface area contributed by atoms with Crippen molar-refractivity contribution in [3.8, 4) is 0 Å². The first-order valence-corrected chi connectivity index (χ1v) is 13.0. The zero-order valence-electron chi connectivity index (χ0n) is 22.0. The van der Waals surface area contributed by atoms with E-state index in [0.29, 0.717) is 18.5 Å². The van der Waals surface area contributed by atoms with Crippen molar-refractivity contribution in [3.05, 3.63) is 112 Å². The van der Waals surface area contributed by atoms with Crippen LogP contribution in [0.5, 0.6) is 0 Å². The highest BCUT2D eigenvalue weighted by molar-refractivity contribution is 5.96. The molecule has 0 radical (unpaired) electrons. The summed E-state index contributed by atoms with van der Waals surface area (Å²) in [6.07, 6.45) is 0.415. The van der Waals surface area contributed by atoms with E-state index in [2.05, 4.69) is 58.3 Å². The smallest absolute Gasteiger partial charge is 0.269 e. The van der Waals surface area contributed by atoms with Crippen LogP contribution in [0.15, 0.2) is 84.9 Å². The summed E-state index contributed by atoms with van der Waals surface area (Å²) in [4.78, 5) is 27.7. The molecule has 0 unspecified atom stereocenters. The van der Waals surface area contributed by atoms with Crippen LogP contribution in [0, 0.1) is 10.1 Å². The number of rotatable bonds is 8. The number of carbonyl (C=O) groups excluding carboxylic acids is 1. The molecule has 0 bridgehead atoms. The van der Waals surface area contributed by atoms with Crippen LogP contribution in [0.1, 0.15) is 61.6 Å². The molecule has 1 aliphatic heterocycles. The van der Waals surface area contributed by atoms with Crippen LogP contribution in [0.2, 0.25) is 0 Å². The van der Waals surface area contributed by atoms with E-state index in [9.17, 15) is 14.9 Å². The first kappa shape index (κ1) is 28.9. The summed E-state index contributed by atoms with van der Waals surface area (Å²) in [7, 11) is 0. The number of piperazine rings is 1. The lowest BCUT2D eigenvalue weighted by molar-refractivity contribution is -0.384. The first-order valence-electron chi connectivity index (χ1n) is 13.0. The van der Waals surface area contributed by atoms with Gasteiger partial charge in [0.2, 0.25) is 0 Å². The standard InChI is InChI=1S/C26H27N3O3.2C2H6/c30-25(21-11-13-24(14-12-21)29(31)32)15-16-27-17-19-28(20-18-27)26(22-7-3-1-4-8-22)23-9-5-2-6-10-23;2*1-2/h1-14,26H,15-20H2;2*1-2H3. The Morgan fingerprint density at radius 2 is 1.25 bits per heavy atom. The van der Waals surface area contributed by atoms with Crippen molar-refractivity contribution < 1.29 is 9.72 Å². The fourth-order valence-electron chi connectivity index (χ4n) is 4.30. The molecular weight excluding hydrogens is 450 g/mol. The Kier molecular flexibility index (Phi) is 12.5. The maximum Gasteiger partial charge on any atom is 0.269 e. The molecule has 0 amide bonds. The third-order valence-corrected chi connectivity index (χ3v) is 6.06. The highest BCUT2D eigenvalue weighted by Crippen LogP contribution is 2.29. The van der Waals surface area contributed by atoms with Crippen LogP contribution in [-0.4, -0.2) is 53.2 Å². The van der Waals surface area contributed by atoms with Crippen molar-refractivity contribution in [2.45, 2.75) is 40.2 Å². The normalized spacial score (nSPS) is 13.7. The van der Waals surface area contributed by atoms with Gasteiger partial charge in [-0.3, -0.25) is 19.8 Å². The van der Waals surface area contributed by atoms with Gasteiger partial charge in [-0.2, -0.15) is 0 Å². The Hall–Kier alpha value is -3.35. The molecule has 0 aromatic heterocycles. The molecule has 0 saturated carbocycles. The van der Waals surface area contributed by atoms with Crippen molar-refractivity contribution >= 4 is 11.5 Å². The number of Topliss-reactive ketones (excluding diaryl/α,β-unsaturated/α-hetero) is 1. The molecule has 6 heteroatoms. The Bertz CT molecular complexity index is 993. The van der Waals surface area contributed by atoms with E-state index in [4.69, 9.17) is 0 Å². The van der Waals surface area contributed by atoms with E-state index < -0.39 is 4.92 Å². The summed E-state index contributed by atoms with van der Waals surface area (Å²) in [6.45, 7) is 12.4. The van der Waals surface area contributed by atoms with E-state index in [1.54, 1.807) is 12.1 Å². The number of nitrogens with zero attached hydrogens (tertiary/aromatic N) is 3. The molecule has 3 aromatic rings. The molecule has 1 aliphatic rings. The molecule has 36 heavy (non-hydrogen) atoms. The van der Waals surface area contributed by atoms with Gasteiger partial charge in [-0.05, 0) is 23.3 Å². The number of ketones is 1. The minimum atomic E-state index is -0.452. The van der Waals surface area contributed by atoms with E-state index in [1.807, 2.05) is 39.8 Å². The van der Waals surface area contributed by atoms with Crippen LogP contribution >= 0.6 is 0 Å². The average molecular weight is 490 g/mol. The number of hydrogen-bond acceptors (Lipinski definition) is 5. The molecule has 0 aliphatic carbocycles. The molecule has 6 nitrogen and oxygen atoms in total. The summed E-state index contributed by atoms with van der Waals surface area (Å²) in [6, 6.07) is 27.3. The number of nitro groups is 1. The van der Waals surface area contributed by atoms with Gasteiger partial charge in [0, 0.05) is 56.8 Å². The number of carbonyl (C=O) groups is 1. The van der Waals surface area contributed by atoms with Gasteiger partial charge in [0.15, 0.2) is 5.78 Å². The largest absolute Gasteiger partial charge is 0.300 e. The highest BCUT2D eigenvalue weighted by atomic mass is 16.6. The van der Waals surface area contributed by atoms with Gasteiger partial charge < -0.3 is 4.90 Å². The van der Waals surface area contributed by atoms with E-state index in [-0.39, 0.29) is 17.5 Å². The fraction of sp³-hybridized carbons (Fsp3) is 0.367. The summed E-state index contributed by atoms with van der Waals surface area (Å²) in [5.41, 5.74) is 3.12. The zero-order valence-corrected chi connectivity index (χ0v) is 22.0. The maximum absolute atomic E-state index is 12.5. The van der Waals surface area contributed by atoms with E-state index >= 15 is 0 Å². The van der Waals surface area contributed by atoms with Crippen LogP contribution < -0.4 is 0 Å². The van der Waals surface area contributed by atoms with Crippen LogP contribution in [0.3, 0.4) is 0 Å². The van der Waals surface area contributed by atoms with Gasteiger partial charge in [-0.1, -0.05) is 88.4 Å². The minimum absolute atomic E-state index is 0.00376. The van der Waals surface area contributed by atoms with Crippen molar-refractivity contribution in [1.29, 1.82) is 0 Å². The summed E-state index contributed by atoms with van der Waals surface area (Å²) in [5.74, 6) is 0.0220. The number of nitro benzene ring substituents is 1. The summed E-state index contributed by atoms with van der Waals surface area (Å²) < 4.78 is 0.